The number of aromatic hydroxyl groups is 1. The van der Waals surface area contributed by atoms with E-state index in [1.807, 2.05) is 13.8 Å². The van der Waals surface area contributed by atoms with Crippen molar-refractivity contribution in [3.8, 4) is 11.5 Å². The van der Waals surface area contributed by atoms with Crippen LogP contribution in [0.25, 0.3) is 0 Å². The van der Waals surface area contributed by atoms with Gasteiger partial charge in [-0.25, -0.2) is 0 Å². The number of ether oxygens (including phenoxy) is 1. The molecule has 1 heterocycles. The van der Waals surface area contributed by atoms with E-state index in [9.17, 15) is 19.5 Å². The van der Waals surface area contributed by atoms with Crippen LogP contribution in [0.2, 0.25) is 0 Å². The van der Waals surface area contributed by atoms with Crippen molar-refractivity contribution in [1.29, 1.82) is 0 Å². The van der Waals surface area contributed by atoms with E-state index in [1.165, 1.54) is 24.1 Å². The van der Waals surface area contributed by atoms with E-state index in [1.54, 1.807) is 36.4 Å². The third-order valence-corrected chi connectivity index (χ3v) is 6.31. The van der Waals surface area contributed by atoms with Gasteiger partial charge in [0.1, 0.15) is 22.4 Å². The van der Waals surface area contributed by atoms with Crippen molar-refractivity contribution < 1.29 is 24.2 Å². The van der Waals surface area contributed by atoms with Crippen LogP contribution in [0.3, 0.4) is 0 Å². The highest BCUT2D eigenvalue weighted by Crippen LogP contribution is 2.38. The van der Waals surface area contributed by atoms with Gasteiger partial charge in [0.05, 0.1) is 18.5 Å². The molecule has 1 atom stereocenters. The Morgan fingerprint density at radius 3 is 2.39 bits per heavy atom. The molecule has 6 N–H and O–H groups in total. The zero-order chi connectivity index (χ0) is 26.4. The molecule has 0 aliphatic carbocycles. The minimum absolute atomic E-state index is 0.00526. The highest BCUT2D eigenvalue weighted by molar-refractivity contribution is 7.09. The predicted molar refractivity (Wildman–Crippen MR) is 138 cm³/mol. The number of hydrogen-bond donors (Lipinski definition) is 4. The molecule has 190 valence electrons. The summed E-state index contributed by atoms with van der Waals surface area (Å²) in [5.41, 5.74) is 11.8. The number of para-hydroxylation sites is 2. The molecular weight excluding hydrogens is 482 g/mol. The Kier molecular flexibility index (Phi) is 8.49. The Morgan fingerprint density at radius 1 is 1.14 bits per heavy atom. The van der Waals surface area contributed by atoms with Crippen LogP contribution in [0.15, 0.2) is 48.5 Å². The molecule has 0 aliphatic rings. The first-order chi connectivity index (χ1) is 17.1. The van der Waals surface area contributed by atoms with E-state index in [-0.39, 0.29) is 22.0 Å². The lowest BCUT2D eigenvalue weighted by molar-refractivity contribution is -0.122. The third kappa shape index (κ3) is 5.74. The summed E-state index contributed by atoms with van der Waals surface area (Å²) in [6.45, 7) is 4.47. The van der Waals surface area contributed by atoms with Crippen molar-refractivity contribution in [2.24, 2.45) is 11.7 Å². The zero-order valence-electron chi connectivity index (χ0n) is 20.2. The van der Waals surface area contributed by atoms with Crippen LogP contribution in [0, 0.1) is 5.92 Å². The number of carbonyl (C=O) groups is 3. The van der Waals surface area contributed by atoms with Gasteiger partial charge in [0.15, 0.2) is 5.69 Å². The maximum atomic E-state index is 14.0. The summed E-state index contributed by atoms with van der Waals surface area (Å²) in [6, 6.07) is 11.5. The fourth-order valence-electron chi connectivity index (χ4n) is 3.59. The van der Waals surface area contributed by atoms with Crippen molar-refractivity contribution in [2.75, 3.05) is 24.3 Å². The second-order valence-electron chi connectivity index (χ2n) is 8.45. The molecule has 0 spiro atoms. The standard InChI is InChI=1S/C25H29N5O5S/c1-14(2)12-13-28-24(33)21(15-8-10-16(31)11-9-15)30(17-6-4-5-7-18(17)35-3)25(34)22-19(26)20(23(27)32)29-36-22/h4-11,14,21,31H,12-13,26H2,1-3H3,(H2,27,32)(H,28,33). The molecule has 3 aromatic rings. The average Bonchev–Trinajstić information content (AvgIpc) is 3.24. The van der Waals surface area contributed by atoms with Crippen molar-refractivity contribution in [2.45, 2.75) is 26.3 Å². The Labute approximate surface area is 213 Å². The number of hydrogen-bond acceptors (Lipinski definition) is 8. The number of nitrogen functional groups attached to an aromatic ring is 1. The van der Waals surface area contributed by atoms with Crippen LogP contribution in [-0.2, 0) is 4.79 Å². The van der Waals surface area contributed by atoms with Gasteiger partial charge in [-0.15, -0.1) is 0 Å². The predicted octanol–water partition coefficient (Wildman–Crippen LogP) is 3.09. The SMILES string of the molecule is COc1ccccc1N(C(=O)c1snc(C(N)=O)c1N)C(C(=O)NCCC(C)C)c1ccc(O)cc1. The summed E-state index contributed by atoms with van der Waals surface area (Å²) in [5.74, 6) is -1.28. The molecule has 11 heteroatoms. The van der Waals surface area contributed by atoms with E-state index >= 15 is 0 Å². The number of carbonyl (C=O) groups excluding carboxylic acids is 3. The second kappa shape index (κ2) is 11.5. The van der Waals surface area contributed by atoms with Gasteiger partial charge in [0.25, 0.3) is 11.8 Å². The van der Waals surface area contributed by atoms with Gasteiger partial charge in [-0.2, -0.15) is 4.37 Å². The molecule has 0 saturated carbocycles. The first-order valence-corrected chi connectivity index (χ1v) is 12.0. The number of benzene rings is 2. The minimum atomic E-state index is -1.17. The average molecular weight is 512 g/mol. The van der Waals surface area contributed by atoms with Gasteiger partial charge >= 0.3 is 0 Å². The fraction of sp³-hybridized carbons (Fsp3) is 0.280. The number of amides is 3. The lowest BCUT2D eigenvalue weighted by Crippen LogP contribution is -2.44. The van der Waals surface area contributed by atoms with Gasteiger partial charge < -0.3 is 26.6 Å². The molecule has 1 unspecified atom stereocenters. The smallest absolute Gasteiger partial charge is 0.273 e. The third-order valence-electron chi connectivity index (χ3n) is 5.46. The zero-order valence-corrected chi connectivity index (χ0v) is 21.0. The molecule has 0 saturated heterocycles. The normalized spacial score (nSPS) is 11.7. The van der Waals surface area contributed by atoms with Crippen LogP contribution in [0.5, 0.6) is 11.5 Å². The van der Waals surface area contributed by atoms with E-state index in [0.29, 0.717) is 29.5 Å². The van der Waals surface area contributed by atoms with Gasteiger partial charge in [0, 0.05) is 6.54 Å². The summed E-state index contributed by atoms with van der Waals surface area (Å²) in [7, 11) is 1.45. The lowest BCUT2D eigenvalue weighted by Gasteiger charge is -2.32. The molecule has 0 aliphatic heterocycles. The fourth-order valence-corrected chi connectivity index (χ4v) is 4.33. The molecule has 1 aromatic heterocycles. The monoisotopic (exact) mass is 511 g/mol. The van der Waals surface area contributed by atoms with E-state index in [4.69, 9.17) is 16.2 Å². The molecular formula is C25H29N5O5S. The maximum Gasteiger partial charge on any atom is 0.273 e. The van der Waals surface area contributed by atoms with Crippen LogP contribution >= 0.6 is 11.5 Å². The summed E-state index contributed by atoms with van der Waals surface area (Å²) in [6.07, 6.45) is 0.737. The summed E-state index contributed by atoms with van der Waals surface area (Å²) in [4.78, 5) is 40.6. The lowest BCUT2D eigenvalue weighted by atomic mass is 10.0. The summed E-state index contributed by atoms with van der Waals surface area (Å²) < 4.78 is 9.44. The molecule has 0 radical (unpaired) electrons. The molecule has 3 rings (SSSR count). The number of nitrogens with zero attached hydrogens (tertiary/aromatic N) is 2. The number of nitrogens with one attached hydrogen (secondary N) is 1. The Morgan fingerprint density at radius 2 is 1.81 bits per heavy atom. The minimum Gasteiger partial charge on any atom is -0.508 e. The van der Waals surface area contributed by atoms with Crippen LogP contribution in [0.4, 0.5) is 11.4 Å². The molecule has 0 fully saturated rings. The molecule has 2 aromatic carbocycles. The number of nitrogens with two attached hydrogens (primary N) is 2. The number of anilines is 2. The molecule has 0 bridgehead atoms. The molecule has 3 amide bonds. The quantitative estimate of drug-likeness (QED) is 0.325. The van der Waals surface area contributed by atoms with E-state index in [2.05, 4.69) is 9.69 Å². The topological polar surface area (TPSA) is 161 Å². The largest absolute Gasteiger partial charge is 0.508 e. The maximum absolute atomic E-state index is 14.0. The number of aromatic nitrogens is 1. The highest BCUT2D eigenvalue weighted by Gasteiger charge is 2.37. The number of primary amides is 1. The Bertz CT molecular complexity index is 1240. The second-order valence-corrected chi connectivity index (χ2v) is 9.23. The molecule has 10 nitrogen and oxygen atoms in total. The number of phenols is 1. The van der Waals surface area contributed by atoms with Gasteiger partial charge in [-0.1, -0.05) is 38.1 Å². The number of methoxy groups -OCH3 is 1. The number of rotatable bonds is 10. The summed E-state index contributed by atoms with van der Waals surface area (Å²) >= 11 is 0.718. The van der Waals surface area contributed by atoms with E-state index in [0.717, 1.165) is 18.0 Å². The van der Waals surface area contributed by atoms with Crippen molar-refractivity contribution in [3.05, 3.63) is 64.7 Å². The number of phenolic OH excluding ortho intramolecular Hbond substituents is 1. The highest BCUT2D eigenvalue weighted by atomic mass is 32.1. The van der Waals surface area contributed by atoms with Gasteiger partial charge in [0.2, 0.25) is 5.91 Å². The Hall–Kier alpha value is -4.12. The van der Waals surface area contributed by atoms with Gasteiger partial charge in [-0.3, -0.25) is 19.3 Å². The summed E-state index contributed by atoms with van der Waals surface area (Å²) in [5, 5.41) is 12.7. The van der Waals surface area contributed by atoms with Crippen molar-refractivity contribution in [1.82, 2.24) is 9.69 Å². The van der Waals surface area contributed by atoms with Crippen LogP contribution in [-0.4, -0.2) is 40.9 Å². The molecule has 36 heavy (non-hydrogen) atoms. The van der Waals surface area contributed by atoms with Crippen LogP contribution < -0.4 is 26.4 Å². The first-order valence-electron chi connectivity index (χ1n) is 11.2. The van der Waals surface area contributed by atoms with E-state index < -0.39 is 23.8 Å². The van der Waals surface area contributed by atoms with Gasteiger partial charge in [-0.05, 0) is 53.7 Å². The van der Waals surface area contributed by atoms with Crippen molar-refractivity contribution in [3.63, 3.8) is 0 Å². The van der Waals surface area contributed by atoms with Crippen LogP contribution in [0.1, 0.15) is 52.0 Å². The Balaban J connectivity index is 2.20. The first kappa shape index (κ1) is 26.5. The van der Waals surface area contributed by atoms with Crippen molar-refractivity contribution >= 4 is 40.6 Å².